The van der Waals surface area contributed by atoms with Gasteiger partial charge in [-0.1, -0.05) is 0 Å². The minimum absolute atomic E-state index is 0.0515. The number of carbonyl (C=O) groups excluding carboxylic acids is 1. The highest BCUT2D eigenvalue weighted by Gasteiger charge is 2.20. The van der Waals surface area contributed by atoms with Gasteiger partial charge in [-0.3, -0.25) is 25.0 Å². The van der Waals surface area contributed by atoms with E-state index in [-0.39, 0.29) is 12.0 Å². The fraction of sp³-hybridized carbons (Fsp3) is 0.125. The molecule has 0 spiro atoms. The van der Waals surface area contributed by atoms with Crippen molar-refractivity contribution in [3.8, 4) is 0 Å². The summed E-state index contributed by atoms with van der Waals surface area (Å²) in [6, 6.07) is 3.04. The Morgan fingerprint density at radius 3 is 2.31 bits per heavy atom. The third-order valence-electron chi connectivity index (χ3n) is 1.81. The maximum absolute atomic E-state index is 10.6. The van der Waals surface area contributed by atoms with Gasteiger partial charge in [0.25, 0.3) is 11.4 Å². The molecule has 0 bridgehead atoms. The van der Waals surface area contributed by atoms with Crippen molar-refractivity contribution in [2.24, 2.45) is 0 Å². The van der Waals surface area contributed by atoms with Crippen LogP contribution in [0.3, 0.4) is 0 Å². The van der Waals surface area contributed by atoms with Gasteiger partial charge in [-0.25, -0.2) is 0 Å². The maximum Gasteiger partial charge on any atom is 0.279 e. The molecule has 0 N–H and O–H groups in total. The summed E-state index contributed by atoms with van der Waals surface area (Å²) in [5.41, 5.74) is -0.837. The molecule has 1 rings (SSSR count). The topological polar surface area (TPSA) is 103 Å². The van der Waals surface area contributed by atoms with E-state index in [1.54, 1.807) is 0 Å². The first-order valence-corrected chi connectivity index (χ1v) is 4.39. The lowest BCUT2D eigenvalue weighted by molar-refractivity contribution is -0.394. The molecule has 0 fully saturated rings. The number of hydrogen-bond donors (Lipinski definition) is 0. The number of nitrogens with zero attached hydrogens (tertiary/aromatic N) is 2. The standard InChI is InChI=1S/C8H5ClN2O5/c9-8(12)3-5-1-2-6(10(13)14)4-7(5)11(15)16/h1-2,4H,3H2. The minimum atomic E-state index is -0.790. The third-order valence-corrected chi connectivity index (χ3v) is 1.94. The van der Waals surface area contributed by atoms with Gasteiger partial charge in [-0.05, 0) is 17.7 Å². The number of rotatable bonds is 4. The van der Waals surface area contributed by atoms with E-state index in [1.165, 1.54) is 0 Å². The lowest BCUT2D eigenvalue weighted by Crippen LogP contribution is -2.01. The molecule has 7 nitrogen and oxygen atoms in total. The van der Waals surface area contributed by atoms with E-state index >= 15 is 0 Å². The second-order valence-corrected chi connectivity index (χ2v) is 3.28. The summed E-state index contributed by atoms with van der Waals surface area (Å²) in [7, 11) is 0. The lowest BCUT2D eigenvalue weighted by Gasteiger charge is -1.99. The highest BCUT2D eigenvalue weighted by molar-refractivity contribution is 6.63. The van der Waals surface area contributed by atoms with E-state index in [2.05, 4.69) is 0 Å². The molecule has 0 aliphatic heterocycles. The van der Waals surface area contributed by atoms with Crippen LogP contribution in [0.2, 0.25) is 0 Å². The molecule has 0 aromatic heterocycles. The van der Waals surface area contributed by atoms with Gasteiger partial charge in [-0.15, -0.1) is 0 Å². The molecule has 0 radical (unpaired) electrons. The van der Waals surface area contributed by atoms with Crippen LogP contribution in [-0.2, 0) is 11.2 Å². The molecule has 1 aromatic rings. The Morgan fingerprint density at radius 1 is 1.25 bits per heavy atom. The Morgan fingerprint density at radius 2 is 1.88 bits per heavy atom. The summed E-state index contributed by atoms with van der Waals surface area (Å²) in [6.07, 6.45) is -0.337. The number of hydrogen-bond acceptors (Lipinski definition) is 5. The Labute approximate surface area is 93.9 Å². The van der Waals surface area contributed by atoms with E-state index in [0.29, 0.717) is 0 Å². The first-order chi connectivity index (χ1) is 7.41. The second-order valence-electron chi connectivity index (χ2n) is 2.86. The Balaban J connectivity index is 3.24. The smallest absolute Gasteiger partial charge is 0.279 e. The molecule has 1 aromatic carbocycles. The zero-order valence-corrected chi connectivity index (χ0v) is 8.51. The molecular weight excluding hydrogens is 240 g/mol. The van der Waals surface area contributed by atoms with E-state index in [4.69, 9.17) is 11.6 Å². The van der Waals surface area contributed by atoms with E-state index in [1.807, 2.05) is 0 Å². The molecule has 84 valence electrons. The van der Waals surface area contributed by atoms with Crippen LogP contribution in [-0.4, -0.2) is 15.1 Å². The molecule has 0 heterocycles. The van der Waals surface area contributed by atoms with Gasteiger partial charge in [0, 0.05) is 11.6 Å². The molecule has 0 saturated carbocycles. The lowest BCUT2D eigenvalue weighted by atomic mass is 10.1. The zero-order valence-electron chi connectivity index (χ0n) is 7.75. The van der Waals surface area contributed by atoms with Crippen molar-refractivity contribution in [1.29, 1.82) is 0 Å². The van der Waals surface area contributed by atoms with Crippen LogP contribution in [0, 0.1) is 20.2 Å². The molecule has 0 atom stereocenters. The summed E-state index contributed by atoms with van der Waals surface area (Å²) >= 11 is 5.10. The van der Waals surface area contributed by atoms with Crippen LogP contribution in [0.5, 0.6) is 0 Å². The predicted molar refractivity (Wildman–Crippen MR) is 54.3 cm³/mol. The van der Waals surface area contributed by atoms with Crippen molar-refractivity contribution < 1.29 is 14.6 Å². The van der Waals surface area contributed by atoms with E-state index in [0.717, 1.165) is 18.2 Å². The van der Waals surface area contributed by atoms with Crippen molar-refractivity contribution in [2.45, 2.75) is 6.42 Å². The number of halogens is 1. The van der Waals surface area contributed by atoms with Gasteiger partial charge >= 0.3 is 0 Å². The molecule has 8 heteroatoms. The molecule has 0 aliphatic rings. The zero-order chi connectivity index (χ0) is 12.3. The Bertz CT molecular complexity index is 473. The fourth-order valence-corrected chi connectivity index (χ4v) is 1.28. The van der Waals surface area contributed by atoms with Gasteiger partial charge in [-0.2, -0.15) is 0 Å². The SMILES string of the molecule is O=C(Cl)Cc1ccc([N+](=O)[O-])cc1[N+](=O)[O-]. The molecule has 0 amide bonds. The predicted octanol–water partition coefficient (Wildman–Crippen LogP) is 1.81. The number of nitro benzene ring substituents is 2. The van der Waals surface area contributed by atoms with Crippen molar-refractivity contribution in [3.05, 3.63) is 44.0 Å². The normalized spacial score (nSPS) is 9.81. The average Bonchev–Trinajstić information content (AvgIpc) is 2.16. The van der Waals surface area contributed by atoms with Crippen LogP contribution in [0.15, 0.2) is 18.2 Å². The molecule has 0 unspecified atom stereocenters. The van der Waals surface area contributed by atoms with Crippen LogP contribution in [0.4, 0.5) is 11.4 Å². The summed E-state index contributed by atoms with van der Waals surface area (Å²) in [6.45, 7) is 0. The van der Waals surface area contributed by atoms with Gasteiger partial charge in [0.15, 0.2) is 0 Å². The molecular formula is C8H5ClN2O5. The summed E-state index contributed by atoms with van der Waals surface area (Å²) in [4.78, 5) is 30.1. The Kier molecular flexibility index (Phi) is 3.51. The summed E-state index contributed by atoms with van der Waals surface area (Å²) < 4.78 is 0. The summed E-state index contributed by atoms with van der Waals surface area (Å²) in [5.74, 6) is 0. The third kappa shape index (κ3) is 2.74. The van der Waals surface area contributed by atoms with E-state index < -0.39 is 26.5 Å². The van der Waals surface area contributed by atoms with Crippen molar-refractivity contribution >= 4 is 28.2 Å². The van der Waals surface area contributed by atoms with Crippen LogP contribution in [0.25, 0.3) is 0 Å². The number of non-ortho nitro benzene ring substituents is 1. The fourth-order valence-electron chi connectivity index (χ4n) is 1.13. The number of nitro groups is 2. The Hall–Kier alpha value is -2.02. The van der Waals surface area contributed by atoms with Crippen LogP contribution in [0.1, 0.15) is 5.56 Å². The van der Waals surface area contributed by atoms with Crippen molar-refractivity contribution in [3.63, 3.8) is 0 Å². The van der Waals surface area contributed by atoms with Crippen molar-refractivity contribution in [1.82, 2.24) is 0 Å². The molecule has 0 aliphatic carbocycles. The largest absolute Gasteiger partial charge is 0.281 e. The average molecular weight is 245 g/mol. The van der Waals surface area contributed by atoms with Gasteiger partial charge in [0.1, 0.15) is 0 Å². The quantitative estimate of drug-likeness (QED) is 0.456. The number of benzene rings is 1. The van der Waals surface area contributed by atoms with Gasteiger partial charge in [0.05, 0.1) is 22.3 Å². The maximum atomic E-state index is 10.6. The van der Waals surface area contributed by atoms with E-state index in [9.17, 15) is 25.0 Å². The minimum Gasteiger partial charge on any atom is -0.281 e. The van der Waals surface area contributed by atoms with Crippen LogP contribution >= 0.6 is 11.6 Å². The first kappa shape index (κ1) is 12.1. The molecule has 16 heavy (non-hydrogen) atoms. The highest BCUT2D eigenvalue weighted by Crippen LogP contribution is 2.25. The van der Waals surface area contributed by atoms with Gasteiger partial charge in [0.2, 0.25) is 5.24 Å². The van der Waals surface area contributed by atoms with Crippen molar-refractivity contribution in [2.75, 3.05) is 0 Å². The highest BCUT2D eigenvalue weighted by atomic mass is 35.5. The monoisotopic (exact) mass is 244 g/mol. The van der Waals surface area contributed by atoms with Crippen LogP contribution < -0.4 is 0 Å². The van der Waals surface area contributed by atoms with Gasteiger partial charge < -0.3 is 0 Å². The molecule has 0 saturated heterocycles. The first-order valence-electron chi connectivity index (χ1n) is 4.02. The summed E-state index contributed by atoms with van der Waals surface area (Å²) in [5, 5.41) is 20.2. The number of carbonyl (C=O) groups is 1. The second kappa shape index (κ2) is 4.67.